The average molecular weight is 272 g/mol. The number of rotatable bonds is 7. The van der Waals surface area contributed by atoms with Gasteiger partial charge >= 0.3 is 11.9 Å². The quantitative estimate of drug-likeness (QED) is 0.562. The Morgan fingerprint density at radius 2 is 1.95 bits per heavy atom. The zero-order valence-electron chi connectivity index (χ0n) is 10.7. The predicted molar refractivity (Wildman–Crippen MR) is 66.5 cm³/mol. The lowest BCUT2D eigenvalue weighted by atomic mass is 10.1. The number of carboxylic acid groups (broad SMARTS) is 2. The maximum atomic E-state index is 12.0. The molecular formula is C12H20N2O5. The molecule has 0 aromatic carbocycles. The Morgan fingerprint density at radius 1 is 1.26 bits per heavy atom. The maximum absolute atomic E-state index is 12.0. The van der Waals surface area contributed by atoms with Crippen molar-refractivity contribution in [3.63, 3.8) is 0 Å². The van der Waals surface area contributed by atoms with Crippen LogP contribution in [0.15, 0.2) is 0 Å². The third-order valence-corrected chi connectivity index (χ3v) is 3.29. The molecule has 1 amide bonds. The van der Waals surface area contributed by atoms with Crippen LogP contribution in [0.1, 0.15) is 38.5 Å². The number of aliphatic carboxylic acids is 2. The van der Waals surface area contributed by atoms with Gasteiger partial charge in [0.05, 0.1) is 6.04 Å². The number of likely N-dealkylation sites (tertiary alicyclic amines) is 1. The van der Waals surface area contributed by atoms with Crippen molar-refractivity contribution < 1.29 is 24.6 Å². The lowest BCUT2D eigenvalue weighted by molar-refractivity contribution is -0.148. The minimum atomic E-state index is -0.996. The molecular weight excluding hydrogens is 252 g/mol. The zero-order chi connectivity index (χ0) is 14.4. The largest absolute Gasteiger partial charge is 0.481 e. The van der Waals surface area contributed by atoms with Gasteiger partial charge in [-0.3, -0.25) is 9.59 Å². The van der Waals surface area contributed by atoms with Crippen molar-refractivity contribution in [2.45, 2.75) is 50.6 Å². The fourth-order valence-electron chi connectivity index (χ4n) is 2.26. The Bertz CT molecular complexity index is 358. The van der Waals surface area contributed by atoms with Crippen LogP contribution in [0.5, 0.6) is 0 Å². The summed E-state index contributed by atoms with van der Waals surface area (Å²) in [4.78, 5) is 34.6. The van der Waals surface area contributed by atoms with E-state index in [9.17, 15) is 14.4 Å². The van der Waals surface area contributed by atoms with E-state index in [4.69, 9.17) is 15.9 Å². The van der Waals surface area contributed by atoms with E-state index in [0.29, 0.717) is 38.6 Å². The molecule has 1 aliphatic rings. The van der Waals surface area contributed by atoms with Crippen molar-refractivity contribution in [1.82, 2.24) is 4.90 Å². The van der Waals surface area contributed by atoms with Gasteiger partial charge in [-0.1, -0.05) is 6.42 Å². The first-order chi connectivity index (χ1) is 8.93. The summed E-state index contributed by atoms with van der Waals surface area (Å²) in [5.41, 5.74) is 5.74. The number of carbonyl (C=O) groups excluding carboxylic acids is 1. The summed E-state index contributed by atoms with van der Waals surface area (Å²) in [6.45, 7) is 0.429. The lowest BCUT2D eigenvalue weighted by Gasteiger charge is -2.24. The van der Waals surface area contributed by atoms with Gasteiger partial charge in [-0.2, -0.15) is 0 Å². The molecule has 108 valence electrons. The fraction of sp³-hybridized carbons (Fsp3) is 0.750. The van der Waals surface area contributed by atoms with Gasteiger partial charge in [0.25, 0.3) is 0 Å². The van der Waals surface area contributed by atoms with Crippen LogP contribution in [-0.4, -0.2) is 51.6 Å². The van der Waals surface area contributed by atoms with Crippen LogP contribution >= 0.6 is 0 Å². The second-order valence-electron chi connectivity index (χ2n) is 4.77. The second kappa shape index (κ2) is 7.08. The molecule has 1 rings (SSSR count). The van der Waals surface area contributed by atoms with Crippen LogP contribution in [-0.2, 0) is 14.4 Å². The molecule has 0 aromatic heterocycles. The van der Waals surface area contributed by atoms with Crippen LogP contribution < -0.4 is 5.73 Å². The lowest BCUT2D eigenvalue weighted by Crippen LogP contribution is -2.48. The summed E-state index contributed by atoms with van der Waals surface area (Å²) in [6.07, 6.45) is 2.60. The summed E-state index contributed by atoms with van der Waals surface area (Å²) in [7, 11) is 0. The van der Waals surface area contributed by atoms with Crippen molar-refractivity contribution >= 4 is 17.8 Å². The molecule has 0 radical (unpaired) electrons. The van der Waals surface area contributed by atoms with Crippen LogP contribution in [0.4, 0.5) is 0 Å². The molecule has 0 saturated carbocycles. The summed E-state index contributed by atoms with van der Waals surface area (Å²) in [5, 5.41) is 17.5. The number of carbonyl (C=O) groups is 3. The monoisotopic (exact) mass is 272 g/mol. The number of hydrogen-bond acceptors (Lipinski definition) is 4. The SMILES string of the molecule is N[C@@H](CCCCC(=O)O)C(=O)N1CCC[C@H]1C(=O)O. The first kappa shape index (κ1) is 15.4. The minimum Gasteiger partial charge on any atom is -0.481 e. The normalized spacial score (nSPS) is 20.3. The van der Waals surface area contributed by atoms with Gasteiger partial charge in [0.2, 0.25) is 5.91 Å². The first-order valence-electron chi connectivity index (χ1n) is 6.44. The number of nitrogens with two attached hydrogens (primary N) is 1. The van der Waals surface area contributed by atoms with E-state index >= 15 is 0 Å². The molecule has 7 nitrogen and oxygen atoms in total. The summed E-state index contributed by atoms with van der Waals surface area (Å²) in [5.74, 6) is -2.21. The van der Waals surface area contributed by atoms with Crippen molar-refractivity contribution in [3.05, 3.63) is 0 Å². The summed E-state index contributed by atoms with van der Waals surface area (Å²) in [6, 6.07) is -1.51. The highest BCUT2D eigenvalue weighted by Gasteiger charge is 2.35. The molecule has 1 saturated heterocycles. The Hall–Kier alpha value is -1.63. The van der Waals surface area contributed by atoms with Crippen LogP contribution in [0.2, 0.25) is 0 Å². The molecule has 0 aromatic rings. The third-order valence-electron chi connectivity index (χ3n) is 3.29. The number of carboxylic acids is 2. The Balaban J connectivity index is 2.39. The number of unbranched alkanes of at least 4 members (excludes halogenated alkanes) is 1. The van der Waals surface area contributed by atoms with E-state index in [1.54, 1.807) is 0 Å². The third kappa shape index (κ3) is 4.51. The van der Waals surface area contributed by atoms with Gasteiger partial charge in [0.15, 0.2) is 0 Å². The molecule has 1 heterocycles. The van der Waals surface area contributed by atoms with Gasteiger partial charge in [-0.15, -0.1) is 0 Å². The molecule has 0 bridgehead atoms. The van der Waals surface area contributed by atoms with E-state index < -0.39 is 24.0 Å². The second-order valence-corrected chi connectivity index (χ2v) is 4.77. The smallest absolute Gasteiger partial charge is 0.326 e. The van der Waals surface area contributed by atoms with Gasteiger partial charge in [-0.05, 0) is 25.7 Å². The summed E-state index contributed by atoms with van der Waals surface area (Å²) < 4.78 is 0. The first-order valence-corrected chi connectivity index (χ1v) is 6.44. The highest BCUT2D eigenvalue weighted by atomic mass is 16.4. The van der Waals surface area contributed by atoms with Gasteiger partial charge in [-0.25, -0.2) is 4.79 Å². The fourth-order valence-corrected chi connectivity index (χ4v) is 2.26. The molecule has 0 unspecified atom stereocenters. The predicted octanol–water partition coefficient (Wildman–Crippen LogP) is 0.0343. The van der Waals surface area contributed by atoms with Gasteiger partial charge < -0.3 is 20.8 Å². The Morgan fingerprint density at radius 3 is 2.53 bits per heavy atom. The van der Waals surface area contributed by atoms with E-state index in [1.807, 2.05) is 0 Å². The van der Waals surface area contributed by atoms with E-state index in [-0.39, 0.29) is 12.3 Å². The van der Waals surface area contributed by atoms with Crippen LogP contribution in [0.3, 0.4) is 0 Å². The topological polar surface area (TPSA) is 121 Å². The number of amides is 1. The highest BCUT2D eigenvalue weighted by Crippen LogP contribution is 2.19. The molecule has 1 fully saturated rings. The van der Waals surface area contributed by atoms with E-state index in [1.165, 1.54) is 4.90 Å². The van der Waals surface area contributed by atoms with Crippen molar-refractivity contribution in [2.24, 2.45) is 5.73 Å². The van der Waals surface area contributed by atoms with Gasteiger partial charge in [0.1, 0.15) is 6.04 Å². The summed E-state index contributed by atoms with van der Waals surface area (Å²) >= 11 is 0. The standard InChI is InChI=1S/C12H20N2O5/c13-8(4-1-2-6-10(15)16)11(17)14-7-3-5-9(14)12(18)19/h8-9H,1-7,13H2,(H,15,16)(H,18,19)/t8-,9-/m0/s1. The molecule has 0 aliphatic carbocycles. The van der Waals surface area contributed by atoms with E-state index in [2.05, 4.69) is 0 Å². The molecule has 19 heavy (non-hydrogen) atoms. The van der Waals surface area contributed by atoms with E-state index in [0.717, 1.165) is 0 Å². The highest BCUT2D eigenvalue weighted by molar-refractivity contribution is 5.87. The van der Waals surface area contributed by atoms with Crippen molar-refractivity contribution in [1.29, 1.82) is 0 Å². The van der Waals surface area contributed by atoms with Crippen molar-refractivity contribution in [3.8, 4) is 0 Å². The average Bonchev–Trinajstić information content (AvgIpc) is 2.82. The van der Waals surface area contributed by atoms with Gasteiger partial charge in [0, 0.05) is 13.0 Å². The van der Waals surface area contributed by atoms with Crippen molar-refractivity contribution in [2.75, 3.05) is 6.54 Å². The molecule has 7 heteroatoms. The Kier molecular flexibility index (Phi) is 5.75. The Labute approximate surface area is 111 Å². The van der Waals surface area contributed by atoms with Crippen LogP contribution in [0, 0.1) is 0 Å². The number of nitrogens with zero attached hydrogens (tertiary/aromatic N) is 1. The zero-order valence-corrected chi connectivity index (χ0v) is 10.7. The number of hydrogen-bond donors (Lipinski definition) is 3. The molecule has 2 atom stereocenters. The minimum absolute atomic E-state index is 0.0579. The van der Waals surface area contributed by atoms with Crippen LogP contribution in [0.25, 0.3) is 0 Å². The molecule has 0 spiro atoms. The molecule has 4 N–H and O–H groups in total. The molecule has 1 aliphatic heterocycles. The maximum Gasteiger partial charge on any atom is 0.326 e.